The Balaban J connectivity index is 2.72. The molecule has 0 aliphatic carbocycles. The first-order chi connectivity index (χ1) is 5.55. The molecular weight excluding hydrogens is 168 g/mol. The van der Waals surface area contributed by atoms with Gasteiger partial charge in [-0.1, -0.05) is 0 Å². The van der Waals surface area contributed by atoms with Crippen LogP contribution in [0.5, 0.6) is 0 Å². The molecule has 0 amide bonds. The van der Waals surface area contributed by atoms with Gasteiger partial charge in [-0.25, -0.2) is 0 Å². The summed E-state index contributed by atoms with van der Waals surface area (Å²) in [5, 5.41) is 44.7. The third-order valence-electron chi connectivity index (χ3n) is 1.93. The summed E-state index contributed by atoms with van der Waals surface area (Å²) in [6.45, 7) is -1.36. The Kier molecular flexibility index (Phi) is 2.67. The average molecular weight is 180 g/mol. The molecule has 0 saturated carbocycles. The van der Waals surface area contributed by atoms with E-state index in [2.05, 4.69) is 4.74 Å². The van der Waals surface area contributed by atoms with Crippen molar-refractivity contribution in [2.45, 2.75) is 24.1 Å². The lowest BCUT2D eigenvalue weighted by Crippen LogP contribution is -2.46. The van der Waals surface area contributed by atoms with Crippen molar-refractivity contribution in [1.82, 2.24) is 0 Å². The lowest BCUT2D eigenvalue weighted by atomic mass is 10.1. The second kappa shape index (κ2) is 3.25. The van der Waals surface area contributed by atoms with Crippen molar-refractivity contribution in [2.75, 3.05) is 13.2 Å². The van der Waals surface area contributed by atoms with Gasteiger partial charge in [0.05, 0.1) is 13.2 Å². The summed E-state index contributed by atoms with van der Waals surface area (Å²) in [6, 6.07) is 0. The van der Waals surface area contributed by atoms with Gasteiger partial charge in [-0.15, -0.1) is 0 Å². The van der Waals surface area contributed by atoms with Gasteiger partial charge < -0.3 is 30.3 Å². The van der Waals surface area contributed by atoms with E-state index < -0.39 is 37.3 Å². The van der Waals surface area contributed by atoms with E-state index >= 15 is 0 Å². The second-order valence-corrected chi connectivity index (χ2v) is 2.78. The van der Waals surface area contributed by atoms with Crippen LogP contribution in [0.2, 0.25) is 0 Å². The van der Waals surface area contributed by atoms with Crippen LogP contribution in [0.4, 0.5) is 0 Å². The van der Waals surface area contributed by atoms with E-state index in [1.165, 1.54) is 0 Å². The minimum absolute atomic E-state index is 0.527. The van der Waals surface area contributed by atoms with Crippen LogP contribution >= 0.6 is 0 Å². The number of aliphatic hydroxyl groups excluding tert-OH is 4. The molecule has 1 heterocycles. The number of rotatable bonds is 2. The minimum Gasteiger partial charge on any atom is -0.394 e. The first-order valence-electron chi connectivity index (χ1n) is 3.53. The first-order valence-corrected chi connectivity index (χ1v) is 3.53. The Morgan fingerprint density at radius 2 is 1.83 bits per heavy atom. The summed E-state index contributed by atoms with van der Waals surface area (Å²) < 4.78 is 4.63. The molecule has 12 heavy (non-hydrogen) atoms. The van der Waals surface area contributed by atoms with Crippen molar-refractivity contribution in [3.63, 3.8) is 0 Å². The molecule has 0 aromatic rings. The fraction of sp³-hybridized carbons (Fsp3) is 1.00. The molecular formula is C6H12O6. The maximum Gasteiger partial charge on any atom is 0.219 e. The van der Waals surface area contributed by atoms with E-state index in [1.807, 2.05) is 0 Å². The number of ether oxygens (including phenoxy) is 1. The Bertz CT molecular complexity index is 162. The Morgan fingerprint density at radius 3 is 2.08 bits per heavy atom. The van der Waals surface area contributed by atoms with E-state index in [0.29, 0.717) is 0 Å². The van der Waals surface area contributed by atoms with Crippen LogP contribution in [0.25, 0.3) is 0 Å². The molecule has 1 rings (SSSR count). The zero-order valence-corrected chi connectivity index (χ0v) is 6.29. The molecule has 5 N–H and O–H groups in total. The SMILES string of the molecule is OC[C@H]1O[C@](O)(CO)C(O)[C@H]1O. The van der Waals surface area contributed by atoms with Gasteiger partial charge in [-0.05, 0) is 0 Å². The predicted octanol–water partition coefficient (Wildman–Crippen LogP) is -3.22. The van der Waals surface area contributed by atoms with Gasteiger partial charge in [0.2, 0.25) is 5.79 Å². The highest BCUT2D eigenvalue weighted by Gasteiger charge is 2.52. The second-order valence-electron chi connectivity index (χ2n) is 2.78. The molecule has 0 bridgehead atoms. The Morgan fingerprint density at radius 1 is 1.25 bits per heavy atom. The highest BCUT2D eigenvalue weighted by Crippen LogP contribution is 2.28. The normalized spacial score (nSPS) is 48.2. The highest BCUT2D eigenvalue weighted by atomic mass is 16.7. The van der Waals surface area contributed by atoms with Gasteiger partial charge in [-0.3, -0.25) is 0 Å². The average Bonchev–Trinajstić information content (AvgIpc) is 2.31. The molecule has 6 heteroatoms. The quantitative estimate of drug-likeness (QED) is 0.306. The van der Waals surface area contributed by atoms with E-state index in [1.54, 1.807) is 0 Å². The summed E-state index contributed by atoms with van der Waals surface area (Å²) in [5.74, 6) is -2.16. The van der Waals surface area contributed by atoms with Gasteiger partial charge in [0, 0.05) is 0 Å². The van der Waals surface area contributed by atoms with Gasteiger partial charge in [0.15, 0.2) is 0 Å². The maximum absolute atomic E-state index is 9.25. The summed E-state index contributed by atoms with van der Waals surface area (Å²) in [6.07, 6.45) is -4.04. The lowest BCUT2D eigenvalue weighted by molar-refractivity contribution is -0.248. The molecule has 0 radical (unpaired) electrons. The van der Waals surface area contributed by atoms with Crippen LogP contribution in [0.15, 0.2) is 0 Å². The summed E-state index contributed by atoms with van der Waals surface area (Å²) in [7, 11) is 0. The third kappa shape index (κ3) is 1.33. The predicted molar refractivity (Wildman–Crippen MR) is 36.0 cm³/mol. The maximum atomic E-state index is 9.25. The van der Waals surface area contributed by atoms with Crippen molar-refractivity contribution in [3.05, 3.63) is 0 Å². The van der Waals surface area contributed by atoms with E-state index in [4.69, 9.17) is 20.4 Å². The monoisotopic (exact) mass is 180 g/mol. The van der Waals surface area contributed by atoms with Crippen LogP contribution in [-0.4, -0.2) is 62.8 Å². The van der Waals surface area contributed by atoms with E-state index in [-0.39, 0.29) is 0 Å². The third-order valence-corrected chi connectivity index (χ3v) is 1.93. The molecule has 1 fully saturated rings. The molecule has 0 aromatic carbocycles. The van der Waals surface area contributed by atoms with Crippen LogP contribution in [0.1, 0.15) is 0 Å². The fourth-order valence-corrected chi connectivity index (χ4v) is 1.15. The minimum atomic E-state index is -2.16. The van der Waals surface area contributed by atoms with Crippen LogP contribution in [0, 0.1) is 0 Å². The molecule has 72 valence electrons. The topological polar surface area (TPSA) is 110 Å². The van der Waals surface area contributed by atoms with Crippen molar-refractivity contribution in [3.8, 4) is 0 Å². The van der Waals surface area contributed by atoms with Gasteiger partial charge >= 0.3 is 0 Å². The van der Waals surface area contributed by atoms with Crippen LogP contribution in [0.3, 0.4) is 0 Å². The van der Waals surface area contributed by atoms with E-state index in [0.717, 1.165) is 0 Å². The molecule has 1 saturated heterocycles. The Labute approximate surface area is 68.6 Å². The molecule has 6 nitrogen and oxygen atoms in total. The smallest absolute Gasteiger partial charge is 0.219 e. The highest BCUT2D eigenvalue weighted by molar-refractivity contribution is 4.94. The number of hydrogen-bond donors (Lipinski definition) is 5. The lowest BCUT2D eigenvalue weighted by Gasteiger charge is -2.22. The van der Waals surface area contributed by atoms with Gasteiger partial charge in [0.25, 0.3) is 0 Å². The molecule has 4 atom stereocenters. The summed E-state index contributed by atoms with van der Waals surface area (Å²) >= 11 is 0. The van der Waals surface area contributed by atoms with Gasteiger partial charge in [0.1, 0.15) is 18.3 Å². The molecule has 1 aliphatic rings. The standard InChI is InChI=1S/C6H12O6/c7-1-3-4(9)5(10)6(11,2-8)12-3/h3-5,7-11H,1-2H2/t3-,4+,5?,6-/m1/s1. The van der Waals surface area contributed by atoms with Gasteiger partial charge in [-0.2, -0.15) is 0 Å². The zero-order valence-electron chi connectivity index (χ0n) is 6.29. The molecule has 1 unspecified atom stereocenters. The summed E-state index contributed by atoms with van der Waals surface area (Å²) in [5.41, 5.74) is 0. The van der Waals surface area contributed by atoms with Crippen molar-refractivity contribution in [1.29, 1.82) is 0 Å². The largest absolute Gasteiger partial charge is 0.394 e. The first kappa shape index (κ1) is 9.85. The van der Waals surface area contributed by atoms with Crippen molar-refractivity contribution in [2.24, 2.45) is 0 Å². The zero-order chi connectivity index (χ0) is 9.35. The number of aliphatic hydroxyl groups is 5. The van der Waals surface area contributed by atoms with Crippen LogP contribution < -0.4 is 0 Å². The Hall–Kier alpha value is -0.240. The molecule has 0 spiro atoms. The van der Waals surface area contributed by atoms with Crippen molar-refractivity contribution >= 4 is 0 Å². The molecule has 0 aromatic heterocycles. The van der Waals surface area contributed by atoms with Crippen molar-refractivity contribution < 1.29 is 30.3 Å². The van der Waals surface area contributed by atoms with Crippen LogP contribution in [-0.2, 0) is 4.74 Å². The fourth-order valence-electron chi connectivity index (χ4n) is 1.15. The number of hydrogen-bond acceptors (Lipinski definition) is 6. The summed E-state index contributed by atoms with van der Waals surface area (Å²) in [4.78, 5) is 0. The van der Waals surface area contributed by atoms with E-state index in [9.17, 15) is 5.11 Å². The molecule has 1 aliphatic heterocycles.